The Morgan fingerprint density at radius 1 is 0.833 bits per heavy atom. The van der Waals surface area contributed by atoms with Gasteiger partial charge in [-0.15, -0.1) is 0 Å². The van der Waals surface area contributed by atoms with Gasteiger partial charge in [0.25, 0.3) is 0 Å². The summed E-state index contributed by atoms with van der Waals surface area (Å²) >= 11 is 0. The molecule has 1 N–H and O–H groups in total. The minimum Gasteiger partial charge on any atom is -0.297 e. The molecule has 3 heteroatoms. The zero-order chi connectivity index (χ0) is 17.3. The molecule has 1 atom stereocenters. The molecule has 0 saturated carbocycles. The zero-order valence-electron chi connectivity index (χ0n) is 14.9. The number of hydrogen-bond acceptors (Lipinski definition) is 1. The molecule has 0 radical (unpaired) electrons. The molecule has 0 fully saturated rings. The van der Waals surface area contributed by atoms with Crippen molar-refractivity contribution in [2.45, 2.75) is 58.4 Å². The van der Waals surface area contributed by atoms with Crippen LogP contribution in [0.4, 0.5) is 0 Å². The highest BCUT2D eigenvalue weighted by Crippen LogP contribution is 2.40. The van der Waals surface area contributed by atoms with Gasteiger partial charge in [-0.25, -0.2) is 0 Å². The molecule has 0 aliphatic rings. The van der Waals surface area contributed by atoms with Crippen LogP contribution in [0.5, 0.6) is 0 Å². The van der Waals surface area contributed by atoms with Crippen LogP contribution in [0.25, 0.3) is 0 Å². The molecule has 1 unspecified atom stereocenters. The molecule has 2 aromatic rings. The van der Waals surface area contributed by atoms with Crippen LogP contribution in [-0.4, -0.2) is 6.04 Å². The normalized spacial score (nSPS) is 12.9. The Morgan fingerprint density at radius 3 is 1.83 bits per heavy atom. The van der Waals surface area contributed by atoms with E-state index in [1.807, 2.05) is 60.7 Å². The first-order valence-corrected chi connectivity index (χ1v) is 10.9. The molecule has 24 heavy (non-hydrogen) atoms. The lowest BCUT2D eigenvalue weighted by molar-refractivity contribution is 0.495. The molecule has 0 spiro atoms. The molecule has 0 amide bonds. The van der Waals surface area contributed by atoms with Gasteiger partial charge >= 0.3 is 0 Å². The zero-order valence-corrected chi connectivity index (χ0v) is 15.8. The molecular formula is C21H30NOP. The molecule has 0 aliphatic carbocycles. The Hall–Kier alpha value is -1.37. The van der Waals surface area contributed by atoms with E-state index < -0.39 is 7.29 Å². The number of nitrogens with one attached hydrogen (secondary N) is 1. The maximum Gasteiger partial charge on any atom is 0.204 e. The molecule has 2 nitrogen and oxygen atoms in total. The third-order valence-corrected chi connectivity index (χ3v) is 7.28. The van der Waals surface area contributed by atoms with Gasteiger partial charge in [-0.2, -0.15) is 0 Å². The van der Waals surface area contributed by atoms with Crippen LogP contribution in [0.15, 0.2) is 60.7 Å². The van der Waals surface area contributed by atoms with Crippen LogP contribution >= 0.6 is 7.29 Å². The number of unbranched alkanes of at least 4 members (excludes halogenated alkanes) is 3. The first-order valence-electron chi connectivity index (χ1n) is 9.19. The van der Waals surface area contributed by atoms with E-state index in [1.165, 1.54) is 25.7 Å². The SMILES string of the molecule is CCCCCCC(CC)NP(=O)(c1ccccc1)c1ccccc1. The average molecular weight is 343 g/mol. The predicted octanol–water partition coefficient (Wildman–Crippen LogP) is 5.25. The summed E-state index contributed by atoms with van der Waals surface area (Å²) < 4.78 is 14.0. The summed E-state index contributed by atoms with van der Waals surface area (Å²) in [5.41, 5.74) is 0. The van der Waals surface area contributed by atoms with Crippen molar-refractivity contribution in [1.29, 1.82) is 0 Å². The maximum absolute atomic E-state index is 14.0. The molecule has 0 bridgehead atoms. The van der Waals surface area contributed by atoms with E-state index in [1.54, 1.807) is 0 Å². The molecule has 0 aromatic heterocycles. The topological polar surface area (TPSA) is 29.1 Å². The molecule has 2 rings (SSSR count). The summed E-state index contributed by atoms with van der Waals surface area (Å²) in [7, 11) is -2.80. The van der Waals surface area contributed by atoms with Crippen molar-refractivity contribution in [3.8, 4) is 0 Å². The predicted molar refractivity (Wildman–Crippen MR) is 106 cm³/mol. The van der Waals surface area contributed by atoms with Crippen molar-refractivity contribution in [3.05, 3.63) is 60.7 Å². The van der Waals surface area contributed by atoms with Crippen molar-refractivity contribution in [3.63, 3.8) is 0 Å². The lowest BCUT2D eigenvalue weighted by atomic mass is 10.1. The highest BCUT2D eigenvalue weighted by molar-refractivity contribution is 7.76. The van der Waals surface area contributed by atoms with Crippen molar-refractivity contribution in [1.82, 2.24) is 5.09 Å². The highest BCUT2D eigenvalue weighted by atomic mass is 31.2. The first kappa shape index (κ1) is 19.0. The highest BCUT2D eigenvalue weighted by Gasteiger charge is 2.29. The Morgan fingerprint density at radius 2 is 1.38 bits per heavy atom. The van der Waals surface area contributed by atoms with Gasteiger partial charge in [-0.3, -0.25) is 9.65 Å². The van der Waals surface area contributed by atoms with E-state index in [4.69, 9.17) is 0 Å². The number of benzene rings is 2. The van der Waals surface area contributed by atoms with Crippen LogP contribution in [0, 0.1) is 0 Å². The Balaban J connectivity index is 2.22. The fourth-order valence-corrected chi connectivity index (χ4v) is 5.61. The van der Waals surface area contributed by atoms with Crippen LogP contribution in [0.1, 0.15) is 52.4 Å². The van der Waals surface area contributed by atoms with E-state index in [9.17, 15) is 4.57 Å². The fourth-order valence-electron chi connectivity index (χ4n) is 3.01. The molecule has 0 saturated heterocycles. The monoisotopic (exact) mass is 343 g/mol. The van der Waals surface area contributed by atoms with E-state index in [0.717, 1.165) is 23.5 Å². The van der Waals surface area contributed by atoms with Gasteiger partial charge in [-0.1, -0.05) is 75.9 Å². The average Bonchev–Trinajstić information content (AvgIpc) is 2.65. The fraction of sp³-hybridized carbons (Fsp3) is 0.429. The van der Waals surface area contributed by atoms with Gasteiger partial charge in [0.15, 0.2) is 0 Å². The summed E-state index contributed by atoms with van der Waals surface area (Å²) in [6, 6.07) is 20.0. The Kier molecular flexibility index (Phi) is 7.75. The van der Waals surface area contributed by atoms with Gasteiger partial charge in [0.2, 0.25) is 7.29 Å². The number of hydrogen-bond donors (Lipinski definition) is 1. The molecule has 0 aliphatic heterocycles. The van der Waals surface area contributed by atoms with E-state index in [-0.39, 0.29) is 6.04 Å². The second-order valence-electron chi connectivity index (χ2n) is 6.36. The smallest absolute Gasteiger partial charge is 0.204 e. The van der Waals surface area contributed by atoms with Gasteiger partial charge in [0.1, 0.15) is 0 Å². The third-order valence-electron chi connectivity index (χ3n) is 4.50. The van der Waals surface area contributed by atoms with Crippen LogP contribution in [-0.2, 0) is 4.57 Å². The minimum absolute atomic E-state index is 0.285. The largest absolute Gasteiger partial charge is 0.297 e. The summed E-state index contributed by atoms with van der Waals surface area (Å²) in [6.07, 6.45) is 7.07. The summed E-state index contributed by atoms with van der Waals surface area (Å²) in [4.78, 5) is 0. The van der Waals surface area contributed by atoms with Crippen molar-refractivity contribution in [2.75, 3.05) is 0 Å². The van der Waals surface area contributed by atoms with Crippen molar-refractivity contribution in [2.24, 2.45) is 0 Å². The number of rotatable bonds is 10. The van der Waals surface area contributed by atoms with Crippen molar-refractivity contribution < 1.29 is 4.57 Å². The van der Waals surface area contributed by atoms with E-state index >= 15 is 0 Å². The lowest BCUT2D eigenvalue weighted by Gasteiger charge is -2.26. The van der Waals surface area contributed by atoms with Gasteiger partial charge in [0, 0.05) is 16.7 Å². The van der Waals surface area contributed by atoms with Crippen LogP contribution < -0.4 is 15.7 Å². The lowest BCUT2D eigenvalue weighted by Crippen LogP contribution is -2.34. The molecular weight excluding hydrogens is 313 g/mol. The summed E-state index contributed by atoms with van der Waals surface area (Å²) in [6.45, 7) is 4.41. The Labute approximate surface area is 147 Å². The minimum atomic E-state index is -2.80. The van der Waals surface area contributed by atoms with E-state index in [2.05, 4.69) is 18.9 Å². The maximum atomic E-state index is 14.0. The third kappa shape index (κ3) is 5.06. The van der Waals surface area contributed by atoms with Crippen molar-refractivity contribution >= 4 is 17.9 Å². The molecule has 2 aromatic carbocycles. The van der Waals surface area contributed by atoms with Crippen LogP contribution in [0.3, 0.4) is 0 Å². The van der Waals surface area contributed by atoms with Crippen LogP contribution in [0.2, 0.25) is 0 Å². The van der Waals surface area contributed by atoms with Gasteiger partial charge in [-0.05, 0) is 37.1 Å². The van der Waals surface area contributed by atoms with Gasteiger partial charge < -0.3 is 0 Å². The first-order chi connectivity index (χ1) is 11.7. The quantitative estimate of drug-likeness (QED) is 0.471. The van der Waals surface area contributed by atoms with E-state index in [0.29, 0.717) is 0 Å². The second-order valence-corrected chi connectivity index (χ2v) is 8.87. The molecule has 130 valence electrons. The standard InChI is InChI=1S/C21H30NOP/c1-3-5-6-9-14-19(4-2)22-24(23,20-15-10-7-11-16-20)21-17-12-8-13-18-21/h7-8,10-13,15-19H,3-6,9,14H2,1-2H3,(H,22,23). The van der Waals surface area contributed by atoms with Gasteiger partial charge in [0.05, 0.1) is 0 Å². The Bertz CT molecular complexity index is 583. The second kappa shape index (κ2) is 9.81. The summed E-state index contributed by atoms with van der Waals surface area (Å²) in [5.74, 6) is 0. The summed E-state index contributed by atoms with van der Waals surface area (Å²) in [5, 5.41) is 5.33. The molecule has 0 heterocycles.